The second-order valence-corrected chi connectivity index (χ2v) is 6.00. The first-order valence-electron chi connectivity index (χ1n) is 8.15. The van der Waals surface area contributed by atoms with Crippen molar-refractivity contribution in [1.82, 2.24) is 15.5 Å². The number of guanidine groups is 1. The van der Waals surface area contributed by atoms with Crippen LogP contribution in [0.4, 0.5) is 4.39 Å². The minimum atomic E-state index is -0.291. The maximum Gasteiger partial charge on any atom is 0.191 e. The van der Waals surface area contributed by atoms with E-state index in [0.717, 1.165) is 19.0 Å². The summed E-state index contributed by atoms with van der Waals surface area (Å²) >= 11 is 0. The van der Waals surface area contributed by atoms with Gasteiger partial charge in [-0.05, 0) is 45.5 Å². The van der Waals surface area contributed by atoms with Crippen molar-refractivity contribution in [1.29, 1.82) is 0 Å². The number of rotatable bonds is 6. The second-order valence-electron chi connectivity index (χ2n) is 6.00. The average Bonchev–Trinajstić information content (AvgIpc) is 2.93. The van der Waals surface area contributed by atoms with Crippen LogP contribution in [0.5, 0.6) is 5.75 Å². The summed E-state index contributed by atoms with van der Waals surface area (Å²) in [7, 11) is 3.91. The van der Waals surface area contributed by atoms with E-state index in [-0.39, 0.29) is 35.9 Å². The number of ether oxygens (including phenoxy) is 1. The van der Waals surface area contributed by atoms with Gasteiger partial charge in [0.1, 0.15) is 17.7 Å². The number of nitrogens with one attached hydrogen (secondary N) is 2. The van der Waals surface area contributed by atoms with Gasteiger partial charge in [-0.15, -0.1) is 24.0 Å². The van der Waals surface area contributed by atoms with Gasteiger partial charge < -0.3 is 20.3 Å². The van der Waals surface area contributed by atoms with Crippen LogP contribution in [-0.4, -0.2) is 56.7 Å². The van der Waals surface area contributed by atoms with E-state index in [4.69, 9.17) is 4.74 Å². The Morgan fingerprint density at radius 2 is 2.25 bits per heavy atom. The van der Waals surface area contributed by atoms with E-state index < -0.39 is 0 Å². The zero-order chi connectivity index (χ0) is 16.7. The highest BCUT2D eigenvalue weighted by molar-refractivity contribution is 14.0. The van der Waals surface area contributed by atoms with Gasteiger partial charge in [0.15, 0.2) is 5.96 Å². The molecule has 0 aliphatic carbocycles. The molecule has 2 N–H and O–H groups in total. The van der Waals surface area contributed by atoms with E-state index in [1.54, 1.807) is 19.2 Å². The summed E-state index contributed by atoms with van der Waals surface area (Å²) in [5.41, 5.74) is 0. The molecule has 5 nitrogen and oxygen atoms in total. The van der Waals surface area contributed by atoms with Crippen LogP contribution in [0.1, 0.15) is 19.8 Å². The van der Waals surface area contributed by atoms with Gasteiger partial charge >= 0.3 is 0 Å². The van der Waals surface area contributed by atoms with Crippen molar-refractivity contribution in [3.05, 3.63) is 30.1 Å². The molecule has 1 aromatic carbocycles. The first-order valence-corrected chi connectivity index (χ1v) is 8.15. The van der Waals surface area contributed by atoms with Gasteiger partial charge in [-0.3, -0.25) is 4.99 Å². The van der Waals surface area contributed by atoms with Crippen LogP contribution in [0.25, 0.3) is 0 Å². The molecular weight excluding hydrogens is 422 g/mol. The number of benzene rings is 1. The molecule has 1 aliphatic heterocycles. The van der Waals surface area contributed by atoms with E-state index >= 15 is 0 Å². The van der Waals surface area contributed by atoms with E-state index in [0.29, 0.717) is 18.3 Å². The average molecular weight is 450 g/mol. The molecule has 0 saturated carbocycles. The minimum absolute atomic E-state index is 0. The summed E-state index contributed by atoms with van der Waals surface area (Å²) < 4.78 is 18.8. The molecule has 1 saturated heterocycles. The lowest BCUT2D eigenvalue weighted by Crippen LogP contribution is -2.46. The fraction of sp³-hybridized carbons (Fsp3) is 0.588. The molecule has 1 aromatic rings. The lowest BCUT2D eigenvalue weighted by atomic mass is 10.2. The topological polar surface area (TPSA) is 48.9 Å². The van der Waals surface area contributed by atoms with Crippen LogP contribution in [0.3, 0.4) is 0 Å². The second kappa shape index (κ2) is 10.7. The van der Waals surface area contributed by atoms with E-state index in [1.165, 1.54) is 25.0 Å². The number of hydrogen-bond acceptors (Lipinski definition) is 3. The Labute approximate surface area is 161 Å². The third-order valence-corrected chi connectivity index (χ3v) is 4.09. The maximum atomic E-state index is 13.1. The highest BCUT2D eigenvalue weighted by atomic mass is 127. The fourth-order valence-corrected chi connectivity index (χ4v) is 2.73. The number of nitrogens with zero attached hydrogens (tertiary/aromatic N) is 2. The first-order chi connectivity index (χ1) is 11.1. The van der Waals surface area contributed by atoms with Gasteiger partial charge in [-0.2, -0.15) is 0 Å². The molecule has 0 spiro atoms. The Morgan fingerprint density at radius 1 is 1.46 bits per heavy atom. The zero-order valence-corrected chi connectivity index (χ0v) is 16.9. The van der Waals surface area contributed by atoms with E-state index in [1.807, 2.05) is 6.92 Å². The third-order valence-electron chi connectivity index (χ3n) is 4.09. The molecule has 0 bridgehead atoms. The molecule has 2 unspecified atom stereocenters. The standard InChI is InChI=1S/C17H27FN4O.HI/c1-13(23-16-8-4-6-14(18)10-16)11-20-17(19-2)21-12-15-7-5-9-22(15)3;/h4,6,8,10,13,15H,5,7,9,11-12H2,1-3H3,(H2,19,20,21);1H. The Hall–Kier alpha value is -1.09. The summed E-state index contributed by atoms with van der Waals surface area (Å²) in [6.45, 7) is 4.58. The monoisotopic (exact) mass is 450 g/mol. The van der Waals surface area contributed by atoms with Crippen LogP contribution in [0, 0.1) is 5.82 Å². The lowest BCUT2D eigenvalue weighted by Gasteiger charge is -2.22. The molecule has 0 amide bonds. The van der Waals surface area contributed by atoms with Crippen molar-refractivity contribution in [3.8, 4) is 5.75 Å². The summed E-state index contributed by atoms with van der Waals surface area (Å²) in [6.07, 6.45) is 2.39. The van der Waals surface area contributed by atoms with E-state index in [9.17, 15) is 4.39 Å². The zero-order valence-electron chi connectivity index (χ0n) is 14.6. The van der Waals surface area contributed by atoms with Crippen LogP contribution < -0.4 is 15.4 Å². The molecule has 0 radical (unpaired) electrons. The Morgan fingerprint density at radius 3 is 2.88 bits per heavy atom. The number of hydrogen-bond donors (Lipinski definition) is 2. The van der Waals surface area contributed by atoms with Crippen molar-refractivity contribution in [2.24, 2.45) is 4.99 Å². The largest absolute Gasteiger partial charge is 0.489 e. The summed E-state index contributed by atoms with van der Waals surface area (Å²) in [5.74, 6) is 1.01. The summed E-state index contributed by atoms with van der Waals surface area (Å²) in [5, 5.41) is 6.60. The predicted octanol–water partition coefficient (Wildman–Crippen LogP) is 2.47. The van der Waals surface area contributed by atoms with Gasteiger partial charge in [0.2, 0.25) is 0 Å². The van der Waals surface area contributed by atoms with Crippen LogP contribution >= 0.6 is 24.0 Å². The van der Waals surface area contributed by atoms with Gasteiger partial charge in [-0.25, -0.2) is 4.39 Å². The van der Waals surface area contributed by atoms with Crippen molar-refractivity contribution in [2.45, 2.75) is 31.9 Å². The van der Waals surface area contributed by atoms with Crippen molar-refractivity contribution >= 4 is 29.9 Å². The van der Waals surface area contributed by atoms with Gasteiger partial charge in [0, 0.05) is 25.7 Å². The first kappa shape index (κ1) is 21.0. The maximum absolute atomic E-state index is 13.1. The van der Waals surface area contributed by atoms with Gasteiger partial charge in [-0.1, -0.05) is 6.07 Å². The molecule has 1 fully saturated rings. The third kappa shape index (κ3) is 6.80. The van der Waals surface area contributed by atoms with Crippen molar-refractivity contribution < 1.29 is 9.13 Å². The number of aliphatic imine (C=N–C) groups is 1. The Balaban J connectivity index is 0.00000288. The number of likely N-dealkylation sites (N-methyl/N-ethyl adjacent to an activating group) is 1. The number of likely N-dealkylation sites (tertiary alicyclic amines) is 1. The lowest BCUT2D eigenvalue weighted by molar-refractivity contribution is 0.223. The van der Waals surface area contributed by atoms with Crippen LogP contribution in [0.15, 0.2) is 29.3 Å². The fourth-order valence-electron chi connectivity index (χ4n) is 2.73. The molecule has 7 heteroatoms. The molecule has 1 aliphatic rings. The molecule has 24 heavy (non-hydrogen) atoms. The molecule has 0 aromatic heterocycles. The van der Waals surface area contributed by atoms with Crippen LogP contribution in [-0.2, 0) is 0 Å². The minimum Gasteiger partial charge on any atom is -0.489 e. The highest BCUT2D eigenvalue weighted by Crippen LogP contribution is 2.14. The number of halogens is 2. The highest BCUT2D eigenvalue weighted by Gasteiger charge is 2.20. The normalized spacial score (nSPS) is 19.5. The molecule has 136 valence electrons. The quantitative estimate of drug-likeness (QED) is 0.397. The Bertz CT molecular complexity index is 529. The predicted molar refractivity (Wildman–Crippen MR) is 107 cm³/mol. The summed E-state index contributed by atoms with van der Waals surface area (Å²) in [6, 6.07) is 6.75. The molecule has 1 heterocycles. The SMILES string of the molecule is CN=C(NCC(C)Oc1cccc(F)c1)NCC1CCCN1C.I. The van der Waals surface area contributed by atoms with Gasteiger partial charge in [0.05, 0.1) is 6.54 Å². The summed E-state index contributed by atoms with van der Waals surface area (Å²) in [4.78, 5) is 6.60. The molecular formula is C17H28FIN4O. The van der Waals surface area contributed by atoms with E-state index in [2.05, 4.69) is 27.6 Å². The van der Waals surface area contributed by atoms with Crippen LogP contribution in [0.2, 0.25) is 0 Å². The van der Waals surface area contributed by atoms with Crippen molar-refractivity contribution in [2.75, 3.05) is 33.7 Å². The van der Waals surface area contributed by atoms with Gasteiger partial charge in [0.25, 0.3) is 0 Å². The molecule has 2 atom stereocenters. The Kier molecular flexibility index (Phi) is 9.35. The smallest absolute Gasteiger partial charge is 0.191 e. The molecule has 2 rings (SSSR count). The van der Waals surface area contributed by atoms with Crippen molar-refractivity contribution in [3.63, 3.8) is 0 Å².